The van der Waals surface area contributed by atoms with Gasteiger partial charge in [-0.25, -0.2) is 0 Å². The number of methoxy groups -OCH3 is 1. The van der Waals surface area contributed by atoms with Crippen molar-refractivity contribution in [3.05, 3.63) is 0 Å². The molecule has 90 valence electrons. The standard InChI is InChI=1S/C11H24N2O2/c1-5-8-13(6-2)9-7-12-10(3)11(14)15-4/h10,12H,5-9H2,1-4H3. The predicted molar refractivity (Wildman–Crippen MR) is 61.9 cm³/mol. The zero-order chi connectivity index (χ0) is 11.7. The van der Waals surface area contributed by atoms with E-state index < -0.39 is 0 Å². The number of carbonyl (C=O) groups excluding carboxylic acids is 1. The van der Waals surface area contributed by atoms with Crippen LogP contribution in [-0.4, -0.2) is 50.2 Å². The van der Waals surface area contributed by atoms with Crippen molar-refractivity contribution in [2.45, 2.75) is 33.2 Å². The summed E-state index contributed by atoms with van der Waals surface area (Å²) in [5, 5.41) is 3.14. The third-order valence-corrected chi connectivity index (χ3v) is 2.42. The van der Waals surface area contributed by atoms with Gasteiger partial charge in [0.2, 0.25) is 0 Å². The van der Waals surface area contributed by atoms with Gasteiger partial charge in [-0.15, -0.1) is 0 Å². The van der Waals surface area contributed by atoms with Gasteiger partial charge in [0, 0.05) is 13.1 Å². The first-order valence-electron chi connectivity index (χ1n) is 5.69. The molecule has 0 saturated heterocycles. The van der Waals surface area contributed by atoms with Crippen molar-refractivity contribution in [3.8, 4) is 0 Å². The van der Waals surface area contributed by atoms with E-state index in [0.717, 1.165) is 26.2 Å². The van der Waals surface area contributed by atoms with Crippen molar-refractivity contribution in [2.24, 2.45) is 0 Å². The molecule has 4 heteroatoms. The van der Waals surface area contributed by atoms with Gasteiger partial charge in [0.1, 0.15) is 6.04 Å². The van der Waals surface area contributed by atoms with E-state index in [-0.39, 0.29) is 12.0 Å². The maximum Gasteiger partial charge on any atom is 0.322 e. The third kappa shape index (κ3) is 6.47. The molecular formula is C11H24N2O2. The molecule has 0 aliphatic carbocycles. The van der Waals surface area contributed by atoms with Crippen LogP contribution in [0.5, 0.6) is 0 Å². The lowest BCUT2D eigenvalue weighted by molar-refractivity contribution is -0.142. The molecule has 0 saturated carbocycles. The third-order valence-electron chi connectivity index (χ3n) is 2.42. The molecule has 0 radical (unpaired) electrons. The Bertz CT molecular complexity index is 174. The Balaban J connectivity index is 3.62. The van der Waals surface area contributed by atoms with E-state index in [0.29, 0.717) is 0 Å². The quantitative estimate of drug-likeness (QED) is 0.611. The van der Waals surface area contributed by atoms with Crippen LogP contribution in [0.1, 0.15) is 27.2 Å². The lowest BCUT2D eigenvalue weighted by Crippen LogP contribution is -2.40. The van der Waals surface area contributed by atoms with Crippen LogP contribution < -0.4 is 5.32 Å². The number of hydrogen-bond donors (Lipinski definition) is 1. The minimum Gasteiger partial charge on any atom is -0.468 e. The van der Waals surface area contributed by atoms with E-state index in [4.69, 9.17) is 0 Å². The van der Waals surface area contributed by atoms with Crippen LogP contribution in [0.25, 0.3) is 0 Å². The molecule has 15 heavy (non-hydrogen) atoms. The Morgan fingerprint density at radius 2 is 2.07 bits per heavy atom. The van der Waals surface area contributed by atoms with Crippen molar-refractivity contribution >= 4 is 5.97 Å². The van der Waals surface area contributed by atoms with Crippen LogP contribution in [0, 0.1) is 0 Å². The Labute approximate surface area is 93.0 Å². The van der Waals surface area contributed by atoms with Gasteiger partial charge in [0.15, 0.2) is 0 Å². The van der Waals surface area contributed by atoms with E-state index in [1.54, 1.807) is 0 Å². The molecular weight excluding hydrogens is 192 g/mol. The molecule has 0 bridgehead atoms. The highest BCUT2D eigenvalue weighted by molar-refractivity contribution is 5.74. The van der Waals surface area contributed by atoms with Crippen LogP contribution in [0.2, 0.25) is 0 Å². The fourth-order valence-corrected chi connectivity index (χ4v) is 1.44. The van der Waals surface area contributed by atoms with Crippen LogP contribution in [0.3, 0.4) is 0 Å². The fourth-order valence-electron chi connectivity index (χ4n) is 1.44. The van der Waals surface area contributed by atoms with E-state index in [2.05, 4.69) is 28.8 Å². The number of hydrogen-bond acceptors (Lipinski definition) is 4. The molecule has 0 aromatic rings. The summed E-state index contributed by atoms with van der Waals surface area (Å²) in [4.78, 5) is 13.4. The average molecular weight is 216 g/mol. The van der Waals surface area contributed by atoms with Gasteiger partial charge < -0.3 is 15.0 Å². The molecule has 0 amide bonds. The molecule has 1 unspecified atom stereocenters. The summed E-state index contributed by atoms with van der Waals surface area (Å²) in [6.45, 7) is 10.1. The number of nitrogens with one attached hydrogen (secondary N) is 1. The summed E-state index contributed by atoms with van der Waals surface area (Å²) in [5.74, 6) is -0.200. The van der Waals surface area contributed by atoms with E-state index in [9.17, 15) is 4.79 Å². The van der Waals surface area contributed by atoms with E-state index in [1.165, 1.54) is 13.5 Å². The minimum atomic E-state index is -0.213. The molecule has 0 heterocycles. The van der Waals surface area contributed by atoms with Crippen LogP contribution >= 0.6 is 0 Å². The van der Waals surface area contributed by atoms with E-state index in [1.807, 2.05) is 6.92 Å². The van der Waals surface area contributed by atoms with Gasteiger partial charge in [-0.1, -0.05) is 13.8 Å². The zero-order valence-corrected chi connectivity index (χ0v) is 10.4. The van der Waals surface area contributed by atoms with Crippen molar-refractivity contribution in [3.63, 3.8) is 0 Å². The number of esters is 1. The lowest BCUT2D eigenvalue weighted by Gasteiger charge is -2.20. The maximum absolute atomic E-state index is 11.1. The molecule has 0 rings (SSSR count). The Morgan fingerprint density at radius 1 is 1.40 bits per heavy atom. The fraction of sp³-hybridized carbons (Fsp3) is 0.909. The Hall–Kier alpha value is -0.610. The summed E-state index contributed by atoms with van der Waals surface area (Å²) in [6.07, 6.45) is 1.17. The highest BCUT2D eigenvalue weighted by Gasteiger charge is 2.11. The van der Waals surface area contributed by atoms with Crippen molar-refractivity contribution in [1.82, 2.24) is 10.2 Å². The first kappa shape index (κ1) is 14.4. The zero-order valence-electron chi connectivity index (χ0n) is 10.4. The molecule has 0 aromatic carbocycles. The molecule has 0 aliphatic rings. The minimum absolute atomic E-state index is 0.200. The van der Waals surface area contributed by atoms with Crippen LogP contribution in [-0.2, 0) is 9.53 Å². The number of ether oxygens (including phenoxy) is 1. The highest BCUT2D eigenvalue weighted by Crippen LogP contribution is 1.90. The molecule has 0 spiro atoms. The smallest absolute Gasteiger partial charge is 0.322 e. The van der Waals surface area contributed by atoms with Gasteiger partial charge in [-0.2, -0.15) is 0 Å². The average Bonchev–Trinajstić information content (AvgIpc) is 2.26. The topological polar surface area (TPSA) is 41.6 Å². The van der Waals surface area contributed by atoms with E-state index >= 15 is 0 Å². The normalized spacial score (nSPS) is 12.9. The Morgan fingerprint density at radius 3 is 2.53 bits per heavy atom. The van der Waals surface area contributed by atoms with Gasteiger partial charge in [-0.3, -0.25) is 4.79 Å². The maximum atomic E-state index is 11.1. The summed E-state index contributed by atoms with van der Waals surface area (Å²) >= 11 is 0. The van der Waals surface area contributed by atoms with Crippen molar-refractivity contribution in [2.75, 3.05) is 33.3 Å². The number of rotatable bonds is 8. The van der Waals surface area contributed by atoms with Crippen LogP contribution in [0.4, 0.5) is 0 Å². The second-order valence-corrected chi connectivity index (χ2v) is 3.63. The first-order chi connectivity index (χ1) is 7.15. The molecule has 4 nitrogen and oxygen atoms in total. The molecule has 1 N–H and O–H groups in total. The molecule has 0 fully saturated rings. The van der Waals surface area contributed by atoms with Crippen molar-refractivity contribution in [1.29, 1.82) is 0 Å². The number of carbonyl (C=O) groups is 1. The summed E-state index contributed by atoms with van der Waals surface area (Å²) in [6, 6.07) is -0.213. The molecule has 1 atom stereocenters. The summed E-state index contributed by atoms with van der Waals surface area (Å²) in [5.41, 5.74) is 0. The van der Waals surface area contributed by atoms with Crippen LogP contribution in [0.15, 0.2) is 0 Å². The monoisotopic (exact) mass is 216 g/mol. The molecule has 0 aromatic heterocycles. The molecule has 0 aliphatic heterocycles. The number of likely N-dealkylation sites (N-methyl/N-ethyl adjacent to an activating group) is 1. The van der Waals surface area contributed by atoms with Crippen molar-refractivity contribution < 1.29 is 9.53 Å². The largest absolute Gasteiger partial charge is 0.468 e. The summed E-state index contributed by atoms with van der Waals surface area (Å²) in [7, 11) is 1.41. The second kappa shape index (κ2) is 8.68. The number of nitrogens with zero attached hydrogens (tertiary/aromatic N) is 1. The predicted octanol–water partition coefficient (Wildman–Crippen LogP) is 0.869. The first-order valence-corrected chi connectivity index (χ1v) is 5.69. The van der Waals surface area contributed by atoms with Gasteiger partial charge in [0.25, 0.3) is 0 Å². The highest BCUT2D eigenvalue weighted by atomic mass is 16.5. The van der Waals surface area contributed by atoms with Gasteiger partial charge >= 0.3 is 5.97 Å². The lowest BCUT2D eigenvalue weighted by atomic mass is 10.3. The Kier molecular flexibility index (Phi) is 8.33. The second-order valence-electron chi connectivity index (χ2n) is 3.63. The van der Waals surface area contributed by atoms with Gasteiger partial charge in [0.05, 0.1) is 7.11 Å². The summed E-state index contributed by atoms with van der Waals surface area (Å²) < 4.78 is 4.63. The SMILES string of the molecule is CCCN(CC)CCNC(C)C(=O)OC. The van der Waals surface area contributed by atoms with Gasteiger partial charge in [-0.05, 0) is 26.4 Å².